The first kappa shape index (κ1) is 21.0. The van der Waals surface area contributed by atoms with E-state index in [-0.39, 0.29) is 24.2 Å². The summed E-state index contributed by atoms with van der Waals surface area (Å²) in [5.74, 6) is -0.584. The van der Waals surface area contributed by atoms with Crippen molar-refractivity contribution in [2.75, 3.05) is 17.2 Å². The molecule has 3 aromatic rings. The molecular weight excluding hydrogens is 507 g/mol. The van der Waals surface area contributed by atoms with Gasteiger partial charge in [-0.05, 0) is 76.6 Å². The maximum atomic E-state index is 13.0. The molecule has 0 saturated carbocycles. The Bertz CT molecular complexity index is 1040. The summed E-state index contributed by atoms with van der Waals surface area (Å²) in [6, 6.07) is 17.3. The van der Waals surface area contributed by atoms with Gasteiger partial charge in [0.1, 0.15) is 11.6 Å². The van der Waals surface area contributed by atoms with Gasteiger partial charge in [0.25, 0.3) is 11.8 Å². The molecule has 5 nitrogen and oxygen atoms in total. The maximum absolute atomic E-state index is 13.0. The van der Waals surface area contributed by atoms with E-state index in [1.54, 1.807) is 36.4 Å². The van der Waals surface area contributed by atoms with Gasteiger partial charge in [-0.2, -0.15) is 0 Å². The van der Waals surface area contributed by atoms with E-state index >= 15 is 0 Å². The molecule has 8 heteroatoms. The number of halogens is 3. The second-order valence-corrected chi connectivity index (χ2v) is 7.72. The van der Waals surface area contributed by atoms with E-state index in [0.29, 0.717) is 22.7 Å². The first-order valence-corrected chi connectivity index (χ1v) is 10.0. The van der Waals surface area contributed by atoms with Crippen molar-refractivity contribution in [1.82, 2.24) is 0 Å². The van der Waals surface area contributed by atoms with Crippen molar-refractivity contribution in [3.05, 3.63) is 87.1 Å². The number of ether oxygens (including phenoxy) is 1. The molecule has 0 saturated heterocycles. The van der Waals surface area contributed by atoms with Crippen LogP contribution in [0.2, 0.25) is 0 Å². The Kier molecular flexibility index (Phi) is 7.00. The van der Waals surface area contributed by atoms with Crippen LogP contribution in [-0.2, 0) is 4.79 Å². The van der Waals surface area contributed by atoms with Crippen LogP contribution in [0.1, 0.15) is 10.4 Å². The second-order valence-electron chi connectivity index (χ2n) is 5.95. The summed E-state index contributed by atoms with van der Waals surface area (Å²) in [4.78, 5) is 24.5. The minimum absolute atomic E-state index is 0.188. The minimum Gasteiger partial charge on any atom is -0.483 e. The van der Waals surface area contributed by atoms with Crippen molar-refractivity contribution in [3.8, 4) is 5.75 Å². The molecule has 0 bridgehead atoms. The molecule has 148 valence electrons. The molecule has 0 aliphatic carbocycles. The maximum Gasteiger partial charge on any atom is 0.262 e. The third kappa shape index (κ3) is 6.13. The summed E-state index contributed by atoms with van der Waals surface area (Å²) in [7, 11) is 0. The Morgan fingerprint density at radius 2 is 1.66 bits per heavy atom. The number of benzene rings is 3. The van der Waals surface area contributed by atoms with Gasteiger partial charge < -0.3 is 15.4 Å². The molecule has 0 aromatic heterocycles. The fraction of sp³-hybridized carbons (Fsp3) is 0.0476. The monoisotopic (exact) mass is 520 g/mol. The molecule has 2 amide bonds. The molecular formula is C21H15Br2FN2O3. The summed E-state index contributed by atoms with van der Waals surface area (Å²) in [6.45, 7) is -0.188. The van der Waals surface area contributed by atoms with Crippen molar-refractivity contribution >= 4 is 55.0 Å². The molecule has 2 N–H and O–H groups in total. The van der Waals surface area contributed by atoms with Crippen LogP contribution in [0.25, 0.3) is 0 Å². The topological polar surface area (TPSA) is 67.4 Å². The third-order valence-electron chi connectivity index (χ3n) is 3.76. The quantitative estimate of drug-likeness (QED) is 0.442. The van der Waals surface area contributed by atoms with Crippen LogP contribution >= 0.6 is 31.9 Å². The molecule has 0 spiro atoms. The highest BCUT2D eigenvalue weighted by Crippen LogP contribution is 2.28. The molecule has 3 aromatic carbocycles. The Morgan fingerprint density at radius 3 is 2.38 bits per heavy atom. The van der Waals surface area contributed by atoms with E-state index in [1.807, 2.05) is 6.07 Å². The van der Waals surface area contributed by atoms with Gasteiger partial charge >= 0.3 is 0 Å². The van der Waals surface area contributed by atoms with Crippen LogP contribution in [0.3, 0.4) is 0 Å². The average molecular weight is 522 g/mol. The van der Waals surface area contributed by atoms with Gasteiger partial charge in [-0.3, -0.25) is 9.59 Å². The fourth-order valence-electron chi connectivity index (χ4n) is 2.41. The van der Waals surface area contributed by atoms with E-state index in [2.05, 4.69) is 42.5 Å². The number of hydrogen-bond donors (Lipinski definition) is 2. The lowest BCUT2D eigenvalue weighted by Gasteiger charge is -2.10. The number of anilines is 2. The smallest absolute Gasteiger partial charge is 0.262 e. The molecule has 0 atom stereocenters. The Balaban J connectivity index is 1.59. The van der Waals surface area contributed by atoms with Crippen molar-refractivity contribution < 1.29 is 18.7 Å². The molecule has 0 aliphatic heterocycles. The highest BCUT2D eigenvalue weighted by Gasteiger charge is 2.10. The average Bonchev–Trinajstić information content (AvgIpc) is 2.69. The number of carbonyl (C=O) groups excluding carboxylic acids is 2. The van der Waals surface area contributed by atoms with Crippen LogP contribution in [-0.4, -0.2) is 18.4 Å². The zero-order valence-electron chi connectivity index (χ0n) is 14.9. The molecule has 0 heterocycles. The molecule has 0 fully saturated rings. The summed E-state index contributed by atoms with van der Waals surface area (Å²) < 4.78 is 20.1. The Labute approximate surface area is 183 Å². The van der Waals surface area contributed by atoms with Crippen LogP contribution < -0.4 is 15.4 Å². The Hall–Kier alpha value is -2.71. The molecule has 3 rings (SSSR count). The van der Waals surface area contributed by atoms with Crippen molar-refractivity contribution in [1.29, 1.82) is 0 Å². The van der Waals surface area contributed by atoms with Gasteiger partial charge in [0.2, 0.25) is 0 Å². The summed E-state index contributed by atoms with van der Waals surface area (Å²) in [6.07, 6.45) is 0. The van der Waals surface area contributed by atoms with Crippen LogP contribution in [0.4, 0.5) is 15.8 Å². The molecule has 29 heavy (non-hydrogen) atoms. The minimum atomic E-state index is -0.384. The van der Waals surface area contributed by atoms with Gasteiger partial charge in [0.05, 0.1) is 4.47 Å². The van der Waals surface area contributed by atoms with Gasteiger partial charge in [-0.15, -0.1) is 0 Å². The lowest BCUT2D eigenvalue weighted by atomic mass is 10.2. The van der Waals surface area contributed by atoms with Crippen molar-refractivity contribution in [2.45, 2.75) is 0 Å². The molecule has 0 aliphatic rings. The third-order valence-corrected chi connectivity index (χ3v) is 4.88. The van der Waals surface area contributed by atoms with Crippen LogP contribution in [0, 0.1) is 5.82 Å². The first-order valence-electron chi connectivity index (χ1n) is 8.45. The summed E-state index contributed by atoms with van der Waals surface area (Å²) in [5.41, 5.74) is 1.28. The summed E-state index contributed by atoms with van der Waals surface area (Å²) in [5, 5.41) is 5.36. The van der Waals surface area contributed by atoms with E-state index in [9.17, 15) is 14.0 Å². The normalized spacial score (nSPS) is 10.3. The lowest BCUT2D eigenvalue weighted by molar-refractivity contribution is -0.118. The van der Waals surface area contributed by atoms with Gasteiger partial charge in [-0.25, -0.2) is 4.39 Å². The van der Waals surface area contributed by atoms with E-state index in [4.69, 9.17) is 4.74 Å². The molecule has 0 unspecified atom stereocenters. The number of nitrogens with one attached hydrogen (secondary N) is 2. The number of carbonyl (C=O) groups is 2. The van der Waals surface area contributed by atoms with Crippen molar-refractivity contribution in [3.63, 3.8) is 0 Å². The number of hydrogen-bond acceptors (Lipinski definition) is 3. The van der Waals surface area contributed by atoms with Gasteiger partial charge in [0.15, 0.2) is 6.61 Å². The predicted molar refractivity (Wildman–Crippen MR) is 117 cm³/mol. The number of amides is 2. The van der Waals surface area contributed by atoms with Crippen molar-refractivity contribution in [2.24, 2.45) is 0 Å². The van der Waals surface area contributed by atoms with E-state index in [1.165, 1.54) is 24.3 Å². The second kappa shape index (κ2) is 9.67. The van der Waals surface area contributed by atoms with Gasteiger partial charge in [0, 0.05) is 21.4 Å². The van der Waals surface area contributed by atoms with E-state index < -0.39 is 0 Å². The predicted octanol–water partition coefficient (Wildman–Crippen LogP) is 5.62. The first-order chi connectivity index (χ1) is 13.9. The number of rotatable bonds is 6. The largest absolute Gasteiger partial charge is 0.483 e. The highest BCUT2D eigenvalue weighted by atomic mass is 79.9. The highest BCUT2D eigenvalue weighted by molar-refractivity contribution is 9.11. The SMILES string of the molecule is O=C(COc1ccc(Br)cc1Br)Nc1cccc(C(=O)Nc2ccc(F)cc2)c1. The van der Waals surface area contributed by atoms with E-state index in [0.717, 1.165) is 8.95 Å². The standard InChI is InChI=1S/C21H15Br2FN2O3/c22-14-4-9-19(18(23)11-14)29-12-20(27)25-17-3-1-2-13(10-17)21(28)26-16-7-5-15(24)6-8-16/h1-11H,12H2,(H,25,27)(H,26,28). The zero-order chi connectivity index (χ0) is 20.8. The summed E-state index contributed by atoms with van der Waals surface area (Å²) >= 11 is 6.72. The Morgan fingerprint density at radius 1 is 0.897 bits per heavy atom. The van der Waals surface area contributed by atoms with Gasteiger partial charge in [-0.1, -0.05) is 22.0 Å². The lowest BCUT2D eigenvalue weighted by Crippen LogP contribution is -2.20. The van der Waals surface area contributed by atoms with Crippen LogP contribution in [0.5, 0.6) is 5.75 Å². The van der Waals surface area contributed by atoms with Crippen LogP contribution in [0.15, 0.2) is 75.7 Å². The molecule has 0 radical (unpaired) electrons. The zero-order valence-corrected chi connectivity index (χ0v) is 18.1. The fourth-order valence-corrected chi connectivity index (χ4v) is 3.57.